The van der Waals surface area contributed by atoms with E-state index in [9.17, 15) is 47.9 Å². The van der Waals surface area contributed by atoms with E-state index in [1.807, 2.05) is 0 Å². The second-order valence-corrected chi connectivity index (χ2v) is 20.2. The van der Waals surface area contributed by atoms with Crippen LogP contribution in [-0.4, -0.2) is 159 Å². The number of imide groups is 1. The van der Waals surface area contributed by atoms with Gasteiger partial charge in [-0.25, -0.2) is 33.6 Å². The highest BCUT2D eigenvalue weighted by Gasteiger charge is 2.24. The van der Waals surface area contributed by atoms with E-state index in [0.29, 0.717) is 58.0 Å². The lowest BCUT2D eigenvalue weighted by Crippen LogP contribution is -2.49. The molecule has 1 saturated heterocycles. The number of carboxylic acid groups (broad SMARTS) is 3. The topological polar surface area (TPSA) is 403 Å². The van der Waals surface area contributed by atoms with Crippen molar-refractivity contribution >= 4 is 88.4 Å². The number of ether oxygens (including phenoxy) is 9. The van der Waals surface area contributed by atoms with Crippen LogP contribution in [0.5, 0.6) is 28.7 Å². The van der Waals surface area contributed by atoms with Crippen molar-refractivity contribution in [3.63, 3.8) is 0 Å². The number of aromatic hydroxyl groups is 1. The lowest BCUT2D eigenvalue weighted by atomic mass is 10.2. The van der Waals surface area contributed by atoms with Gasteiger partial charge < -0.3 is 73.7 Å². The van der Waals surface area contributed by atoms with Crippen molar-refractivity contribution in [3.05, 3.63) is 121 Å². The minimum Gasteiger partial charge on any atom is -0.508 e. The molecule has 488 valence electrons. The third-order valence-electron chi connectivity index (χ3n) is 10.6. The Kier molecular flexibility index (Phi) is 32.5. The number of hydrogen-bond acceptors (Lipinski definition) is 22. The largest absolute Gasteiger partial charge is 0.508 e. The van der Waals surface area contributed by atoms with Crippen molar-refractivity contribution in [1.82, 2.24) is 5.32 Å². The number of nitrogens with two attached hydrogens (primary N) is 1. The minimum absolute atomic E-state index is 0.0829. The highest BCUT2D eigenvalue weighted by molar-refractivity contribution is 6.05. The minimum atomic E-state index is -1.06. The number of carboxylic acids is 3. The molecule has 5 aromatic rings. The van der Waals surface area contributed by atoms with Crippen LogP contribution in [0.15, 0.2) is 121 Å². The standard InChI is InChI=1S/C15H19NO7.C14H19NO5.C12H12N2O5.C11H15NO3.C9H11NO3/c1-22-15(21)10-23-12-4-2-11(3-5-12)16(8-6-13(17)18)9-7-14(19)20;1-14(2,3)20-13(17)15-10-5-7-11(8-6-10)19-9-12(16)18-4;15-10-5-6-14(12(18)13-10)8-1-3-9(4-2-8)19-7-11(16)17;1-11(2,3)15-10(14)12-8-4-6-9(13)7-5-8;1-12-9(11)6-13-8-4-2-7(10)3-5-8/h2-5H,6-10H2,1H3,(H,17,18)(H,19,20);5-8H,9H2,1-4H3,(H,15,17);1-4H,5-7H2,(H,16,17)(H,13,15,18);4-7,13H,1-3H3,(H,12,14);2-5H,6,10H2,1H3. The maximum Gasteiger partial charge on any atom is 0.412 e. The molecule has 0 aliphatic carbocycles. The number of nitrogens with one attached hydrogen (secondary N) is 3. The molecule has 0 radical (unpaired) electrons. The third kappa shape index (κ3) is 34.2. The Morgan fingerprint density at radius 3 is 1.23 bits per heavy atom. The van der Waals surface area contributed by atoms with E-state index < -0.39 is 71.8 Å². The summed E-state index contributed by atoms with van der Waals surface area (Å²) in [4.78, 5) is 113. The van der Waals surface area contributed by atoms with Crippen LogP contribution in [0.1, 0.15) is 60.8 Å². The van der Waals surface area contributed by atoms with Gasteiger partial charge in [-0.05, 0) is 163 Å². The van der Waals surface area contributed by atoms with Crippen LogP contribution in [0.25, 0.3) is 0 Å². The maximum absolute atomic E-state index is 11.6. The number of nitrogens with zero attached hydrogens (tertiary/aromatic N) is 2. The molecule has 1 heterocycles. The Hall–Kier alpha value is -11.0. The summed E-state index contributed by atoms with van der Waals surface area (Å²) >= 11 is 0. The summed E-state index contributed by atoms with van der Waals surface area (Å²) in [6.45, 7) is 10.6. The Bertz CT molecular complexity index is 3080. The number of hydrogen-bond donors (Lipinski definition) is 8. The van der Waals surface area contributed by atoms with Crippen molar-refractivity contribution in [2.24, 2.45) is 0 Å². The number of phenolic OH excluding ortho intramolecular Hbond substituents is 1. The van der Waals surface area contributed by atoms with E-state index in [1.165, 1.54) is 38.4 Å². The number of methoxy groups -OCH3 is 3. The van der Waals surface area contributed by atoms with Crippen LogP contribution in [-0.2, 0) is 57.2 Å². The van der Waals surface area contributed by atoms with Crippen LogP contribution < -0.4 is 50.4 Å². The fourth-order valence-corrected chi connectivity index (χ4v) is 6.45. The van der Waals surface area contributed by atoms with Crippen LogP contribution in [0.3, 0.4) is 0 Å². The molecule has 0 spiro atoms. The summed E-state index contributed by atoms with van der Waals surface area (Å²) in [6, 6.07) is 32.1. The van der Waals surface area contributed by atoms with E-state index in [-0.39, 0.29) is 63.8 Å². The average molecular weight is 1260 g/mol. The summed E-state index contributed by atoms with van der Waals surface area (Å²) in [6.07, 6.45) is -0.974. The molecule has 9 N–H and O–H groups in total. The van der Waals surface area contributed by atoms with Gasteiger partial charge in [-0.2, -0.15) is 0 Å². The number of carbonyl (C=O) groups excluding carboxylic acids is 7. The van der Waals surface area contributed by atoms with Crippen molar-refractivity contribution < 1.29 is 111 Å². The fourth-order valence-electron chi connectivity index (χ4n) is 6.45. The zero-order valence-corrected chi connectivity index (χ0v) is 51.1. The van der Waals surface area contributed by atoms with Gasteiger partial charge in [0.05, 0.1) is 34.2 Å². The first-order valence-corrected chi connectivity index (χ1v) is 27.1. The zero-order valence-electron chi connectivity index (χ0n) is 51.1. The molecule has 5 aromatic carbocycles. The molecule has 1 fully saturated rings. The molecule has 29 nitrogen and oxygen atoms in total. The van der Waals surface area contributed by atoms with Gasteiger partial charge in [0.25, 0.3) is 0 Å². The third-order valence-corrected chi connectivity index (χ3v) is 10.6. The summed E-state index contributed by atoms with van der Waals surface area (Å²) < 4.78 is 44.0. The fraction of sp³-hybridized carbons (Fsp3) is 0.344. The molecule has 0 aromatic heterocycles. The molecule has 90 heavy (non-hydrogen) atoms. The summed E-state index contributed by atoms with van der Waals surface area (Å²) in [5.41, 5.74) is 7.51. The van der Waals surface area contributed by atoms with E-state index in [2.05, 4.69) is 30.2 Å². The lowest BCUT2D eigenvalue weighted by molar-refractivity contribution is -0.143. The zero-order chi connectivity index (χ0) is 67.4. The number of carbonyl (C=O) groups is 10. The van der Waals surface area contributed by atoms with Crippen molar-refractivity contribution in [3.8, 4) is 28.7 Å². The van der Waals surface area contributed by atoms with Crippen LogP contribution in [0, 0.1) is 0 Å². The molecule has 0 bridgehead atoms. The first kappa shape index (κ1) is 75.1. The number of rotatable bonds is 22. The molecular formula is C61H76N6O23. The molecule has 1 aliphatic rings. The van der Waals surface area contributed by atoms with Gasteiger partial charge >= 0.3 is 54.0 Å². The van der Waals surface area contributed by atoms with Gasteiger partial charge in [0, 0.05) is 54.5 Å². The van der Waals surface area contributed by atoms with Gasteiger partial charge in [-0.1, -0.05) is 0 Å². The Balaban J connectivity index is 0.000000388. The van der Waals surface area contributed by atoms with Crippen LogP contribution >= 0.6 is 0 Å². The van der Waals surface area contributed by atoms with Crippen molar-refractivity contribution in [1.29, 1.82) is 0 Å². The second kappa shape index (κ2) is 38.9. The summed E-state index contributed by atoms with van der Waals surface area (Å²) in [7, 11) is 3.87. The predicted molar refractivity (Wildman–Crippen MR) is 326 cm³/mol. The summed E-state index contributed by atoms with van der Waals surface area (Å²) in [5, 5.41) is 42.4. The summed E-state index contributed by atoms with van der Waals surface area (Å²) in [5.74, 6) is -2.51. The van der Waals surface area contributed by atoms with Crippen LogP contribution in [0.2, 0.25) is 0 Å². The first-order chi connectivity index (χ1) is 42.4. The molecule has 1 aliphatic heterocycles. The molecule has 0 unspecified atom stereocenters. The smallest absolute Gasteiger partial charge is 0.412 e. The van der Waals surface area contributed by atoms with Gasteiger partial charge in [0.1, 0.15) is 39.9 Å². The number of anilines is 5. The van der Waals surface area contributed by atoms with E-state index in [1.54, 1.807) is 156 Å². The molecule has 29 heteroatoms. The number of amides is 5. The lowest BCUT2D eigenvalue weighted by Gasteiger charge is -2.26. The maximum atomic E-state index is 11.6. The normalized spacial score (nSPS) is 11.2. The molecular weight excluding hydrogens is 1180 g/mol. The molecule has 5 amide bonds. The Morgan fingerprint density at radius 1 is 0.522 bits per heavy atom. The Morgan fingerprint density at radius 2 is 0.878 bits per heavy atom. The first-order valence-electron chi connectivity index (χ1n) is 27.1. The van der Waals surface area contributed by atoms with Crippen LogP contribution in [0.4, 0.5) is 42.8 Å². The van der Waals surface area contributed by atoms with Gasteiger partial charge in [-0.3, -0.25) is 35.2 Å². The second-order valence-electron chi connectivity index (χ2n) is 20.2. The average Bonchev–Trinajstić information content (AvgIpc) is 3.15. The number of benzene rings is 5. The molecule has 0 atom stereocenters. The van der Waals surface area contributed by atoms with Gasteiger partial charge in [-0.15, -0.1) is 0 Å². The van der Waals surface area contributed by atoms with Gasteiger partial charge in [0.15, 0.2) is 26.4 Å². The van der Waals surface area contributed by atoms with Crippen molar-refractivity contribution in [2.45, 2.75) is 72.0 Å². The van der Waals surface area contributed by atoms with Crippen molar-refractivity contribution in [2.75, 3.05) is 93.6 Å². The van der Waals surface area contributed by atoms with E-state index in [0.717, 1.165) is 0 Å². The number of phenols is 1. The SMILES string of the molecule is CC(C)(C)OC(=O)Nc1ccc(O)cc1.COC(=O)COc1ccc(N(CCC(=O)O)CCC(=O)O)cc1.COC(=O)COc1ccc(N)cc1.COC(=O)COc1ccc(NC(=O)OC(C)(C)C)cc1.O=C(O)COc1ccc(N2CCC(=O)NC2=O)cc1. The predicted octanol–water partition coefficient (Wildman–Crippen LogP) is 7.74. The van der Waals surface area contributed by atoms with E-state index >= 15 is 0 Å². The molecule has 6 rings (SSSR count). The van der Waals surface area contributed by atoms with E-state index in [4.69, 9.17) is 54.6 Å². The highest BCUT2D eigenvalue weighted by Crippen LogP contribution is 2.23. The molecule has 0 saturated carbocycles. The number of urea groups is 1. The highest BCUT2D eigenvalue weighted by atomic mass is 16.6. The number of nitrogen functional groups attached to an aromatic ring is 1. The number of esters is 3. The quantitative estimate of drug-likeness (QED) is 0.0142. The number of aliphatic carboxylic acids is 3. The Labute approximate surface area is 518 Å². The van der Waals surface area contributed by atoms with Gasteiger partial charge in [0.2, 0.25) is 5.91 Å². The monoisotopic (exact) mass is 1260 g/mol.